The maximum atomic E-state index is 11.9. The number of esters is 1. The van der Waals surface area contributed by atoms with Crippen LogP contribution in [-0.2, 0) is 14.3 Å². The zero-order valence-electron chi connectivity index (χ0n) is 24.8. The largest absolute Gasteiger partial charge is 0.462 e. The zero-order valence-corrected chi connectivity index (χ0v) is 24.8. The minimum atomic E-state index is -0.121. The lowest BCUT2D eigenvalue weighted by Crippen LogP contribution is -2.58. The molecule has 4 saturated carbocycles. The van der Waals surface area contributed by atoms with Crippen molar-refractivity contribution in [3.63, 3.8) is 0 Å². The smallest absolute Gasteiger partial charge is 0.302 e. The predicted molar refractivity (Wildman–Crippen MR) is 146 cm³/mol. The van der Waals surface area contributed by atoms with Crippen molar-refractivity contribution in [2.24, 2.45) is 50.7 Å². The molecule has 0 heterocycles. The van der Waals surface area contributed by atoms with Crippen molar-refractivity contribution >= 4 is 5.97 Å². The Labute approximate surface area is 221 Å². The molecule has 0 aliphatic heterocycles. The Balaban J connectivity index is 1.46. The lowest BCUT2D eigenvalue weighted by Gasteiger charge is -2.64. The lowest BCUT2D eigenvalue weighted by molar-refractivity contribution is -0.178. The molecule has 0 radical (unpaired) electrons. The highest BCUT2D eigenvalue weighted by molar-refractivity contribution is 5.66. The van der Waals surface area contributed by atoms with E-state index in [4.69, 9.17) is 9.47 Å². The molecule has 3 nitrogen and oxygen atoms in total. The normalized spacial score (nSPS) is 49.3. The summed E-state index contributed by atoms with van der Waals surface area (Å²) in [5.41, 5.74) is 3.18. The van der Waals surface area contributed by atoms with E-state index >= 15 is 0 Å². The van der Waals surface area contributed by atoms with Gasteiger partial charge < -0.3 is 9.47 Å². The Morgan fingerprint density at radius 1 is 0.778 bits per heavy atom. The Bertz CT molecular complexity index is 916. The molecule has 0 spiro atoms. The van der Waals surface area contributed by atoms with Crippen LogP contribution in [0.1, 0.15) is 120 Å². The number of methoxy groups -OCH3 is 1. The fourth-order valence-electron chi connectivity index (χ4n) is 11.7. The molecule has 5 aliphatic rings. The summed E-state index contributed by atoms with van der Waals surface area (Å²) in [6.45, 7) is 19.3. The van der Waals surface area contributed by atoms with Gasteiger partial charge in [0.05, 0.1) is 6.10 Å². The summed E-state index contributed by atoms with van der Waals surface area (Å²) in [7, 11) is 1.93. The van der Waals surface area contributed by atoms with Crippen LogP contribution in [0.5, 0.6) is 0 Å². The minimum Gasteiger partial charge on any atom is -0.462 e. The van der Waals surface area contributed by atoms with Gasteiger partial charge >= 0.3 is 5.97 Å². The maximum Gasteiger partial charge on any atom is 0.302 e. The first kappa shape index (κ1) is 26.8. The van der Waals surface area contributed by atoms with Crippen LogP contribution in [0.25, 0.3) is 0 Å². The third kappa shape index (κ3) is 3.71. The van der Waals surface area contributed by atoms with Gasteiger partial charge in [-0.1, -0.05) is 60.1 Å². The van der Waals surface area contributed by atoms with Crippen LogP contribution in [-0.4, -0.2) is 25.3 Å². The third-order valence-corrected chi connectivity index (χ3v) is 13.4. The number of fused-ring (bicyclic) bond motifs is 6. The average molecular weight is 499 g/mol. The quantitative estimate of drug-likeness (QED) is 0.283. The second kappa shape index (κ2) is 8.59. The van der Waals surface area contributed by atoms with E-state index in [1.165, 1.54) is 51.4 Å². The number of carbonyl (C=O) groups excluding carboxylic acids is 1. The molecule has 0 bridgehead atoms. The highest BCUT2D eigenvalue weighted by Gasteiger charge is 2.63. The molecule has 3 heteroatoms. The SMILES string of the molecule is CO[C@H]1CC[C@]2(C)[C@@H]3CC[C@@H]4C(=CC[C@@H]5C(C)(C)[C@H](OC(C)=O)CC[C@]45C)C[C@]3(C)CC[C@H]2C1(C)C. The van der Waals surface area contributed by atoms with E-state index in [0.29, 0.717) is 34.2 Å². The fraction of sp³-hybridized carbons (Fsp3) is 0.909. The summed E-state index contributed by atoms with van der Waals surface area (Å²) in [5.74, 6) is 2.67. The predicted octanol–water partition coefficient (Wildman–Crippen LogP) is 8.36. The summed E-state index contributed by atoms with van der Waals surface area (Å²) in [4.78, 5) is 11.9. The van der Waals surface area contributed by atoms with E-state index in [1.54, 1.807) is 12.5 Å². The van der Waals surface area contributed by atoms with Crippen LogP contribution >= 0.6 is 0 Å². The van der Waals surface area contributed by atoms with Crippen LogP contribution < -0.4 is 0 Å². The van der Waals surface area contributed by atoms with Gasteiger partial charge in [-0.25, -0.2) is 0 Å². The van der Waals surface area contributed by atoms with Crippen molar-refractivity contribution in [3.05, 3.63) is 11.6 Å². The molecule has 204 valence electrons. The molecular formula is C33H54O3. The van der Waals surface area contributed by atoms with E-state index in [2.05, 4.69) is 54.5 Å². The first-order valence-corrected chi connectivity index (χ1v) is 15.1. The number of hydrogen-bond donors (Lipinski definition) is 0. The van der Waals surface area contributed by atoms with Gasteiger partial charge in [0.15, 0.2) is 0 Å². The molecule has 0 unspecified atom stereocenters. The standard InChI is InChI=1S/C33H54O3/c1-21(34)36-28-16-18-32(7)23-11-13-26-31(6,20-22(23)10-12-24(32)30(28,4)5)17-14-25-29(2,3)27(35-9)15-19-33(25,26)8/h10,23-28H,11-20H2,1-9H3/t23-,24-,25+,26-,27+,28-,31+,32-,33+/m1/s1. The summed E-state index contributed by atoms with van der Waals surface area (Å²) >= 11 is 0. The topological polar surface area (TPSA) is 35.5 Å². The number of hydrogen-bond acceptors (Lipinski definition) is 3. The zero-order chi connectivity index (χ0) is 26.3. The molecule has 9 atom stereocenters. The van der Waals surface area contributed by atoms with Gasteiger partial charge in [-0.15, -0.1) is 0 Å². The third-order valence-electron chi connectivity index (χ3n) is 13.4. The summed E-state index contributed by atoms with van der Waals surface area (Å²) in [6.07, 6.45) is 15.7. The summed E-state index contributed by atoms with van der Waals surface area (Å²) in [6, 6.07) is 0. The molecular weight excluding hydrogens is 444 g/mol. The molecule has 0 amide bonds. The maximum absolute atomic E-state index is 11.9. The molecule has 0 aromatic rings. The van der Waals surface area contributed by atoms with Gasteiger partial charge in [-0.05, 0) is 110 Å². The molecule has 5 aliphatic carbocycles. The van der Waals surface area contributed by atoms with Crippen LogP contribution in [0, 0.1) is 50.7 Å². The Hall–Kier alpha value is -0.830. The summed E-state index contributed by atoms with van der Waals surface area (Å²) < 4.78 is 11.9. The molecule has 5 rings (SSSR count). The van der Waals surface area contributed by atoms with E-state index in [1.807, 2.05) is 7.11 Å². The van der Waals surface area contributed by atoms with Gasteiger partial charge in [0.1, 0.15) is 6.10 Å². The number of carbonyl (C=O) groups is 1. The number of ether oxygens (including phenoxy) is 2. The lowest BCUT2D eigenvalue weighted by atomic mass is 9.42. The Morgan fingerprint density at radius 3 is 2.08 bits per heavy atom. The van der Waals surface area contributed by atoms with Gasteiger partial charge in [0.25, 0.3) is 0 Å². The average Bonchev–Trinajstić information content (AvgIpc) is 2.92. The molecule has 0 saturated heterocycles. The van der Waals surface area contributed by atoms with Crippen molar-refractivity contribution in [2.75, 3.05) is 7.11 Å². The Kier molecular flexibility index (Phi) is 6.38. The van der Waals surface area contributed by atoms with E-state index in [0.717, 1.165) is 24.7 Å². The first-order valence-electron chi connectivity index (χ1n) is 15.1. The van der Waals surface area contributed by atoms with Gasteiger partial charge in [-0.3, -0.25) is 4.79 Å². The molecule has 4 fully saturated rings. The first-order chi connectivity index (χ1) is 16.7. The monoisotopic (exact) mass is 498 g/mol. The minimum absolute atomic E-state index is 0.0172. The van der Waals surface area contributed by atoms with Gasteiger partial charge in [0.2, 0.25) is 0 Å². The van der Waals surface area contributed by atoms with Crippen molar-refractivity contribution in [2.45, 2.75) is 132 Å². The molecule has 0 aromatic carbocycles. The highest BCUT2D eigenvalue weighted by Crippen LogP contribution is 2.70. The van der Waals surface area contributed by atoms with E-state index in [9.17, 15) is 4.79 Å². The highest BCUT2D eigenvalue weighted by atomic mass is 16.5. The van der Waals surface area contributed by atoms with Gasteiger partial charge in [0, 0.05) is 19.4 Å². The number of rotatable bonds is 2. The fourth-order valence-corrected chi connectivity index (χ4v) is 11.7. The summed E-state index contributed by atoms with van der Waals surface area (Å²) in [5, 5.41) is 0. The van der Waals surface area contributed by atoms with Crippen LogP contribution in [0.3, 0.4) is 0 Å². The van der Waals surface area contributed by atoms with Crippen LogP contribution in [0.2, 0.25) is 0 Å². The second-order valence-corrected chi connectivity index (χ2v) is 15.7. The van der Waals surface area contributed by atoms with Crippen LogP contribution in [0.4, 0.5) is 0 Å². The van der Waals surface area contributed by atoms with Crippen molar-refractivity contribution in [1.29, 1.82) is 0 Å². The molecule has 0 N–H and O–H groups in total. The molecule has 0 aromatic heterocycles. The second-order valence-electron chi connectivity index (χ2n) is 15.7. The van der Waals surface area contributed by atoms with Gasteiger partial charge in [-0.2, -0.15) is 0 Å². The number of allylic oxidation sites excluding steroid dienone is 2. The van der Waals surface area contributed by atoms with E-state index < -0.39 is 0 Å². The van der Waals surface area contributed by atoms with Crippen LogP contribution in [0.15, 0.2) is 11.6 Å². The van der Waals surface area contributed by atoms with Crippen molar-refractivity contribution in [3.8, 4) is 0 Å². The Morgan fingerprint density at radius 2 is 1.42 bits per heavy atom. The molecule has 36 heavy (non-hydrogen) atoms. The van der Waals surface area contributed by atoms with Crippen molar-refractivity contribution in [1.82, 2.24) is 0 Å². The van der Waals surface area contributed by atoms with Crippen molar-refractivity contribution < 1.29 is 14.3 Å². The van der Waals surface area contributed by atoms with E-state index in [-0.39, 0.29) is 22.9 Å².